The maximum absolute atomic E-state index is 13.0. The summed E-state index contributed by atoms with van der Waals surface area (Å²) in [4.78, 5) is 34.0. The lowest BCUT2D eigenvalue weighted by Gasteiger charge is -2.26. The van der Waals surface area contributed by atoms with E-state index >= 15 is 0 Å². The Morgan fingerprint density at radius 3 is 2.69 bits per heavy atom. The van der Waals surface area contributed by atoms with Crippen LogP contribution in [0, 0.1) is 13.8 Å². The molecule has 2 aromatic rings. The van der Waals surface area contributed by atoms with Gasteiger partial charge in [-0.15, -0.1) is 11.3 Å². The number of aryl methyl sites for hydroxylation is 2. The molecule has 2 aromatic heterocycles. The van der Waals surface area contributed by atoms with Gasteiger partial charge in [0.25, 0.3) is 5.56 Å². The van der Waals surface area contributed by atoms with Gasteiger partial charge in [0.1, 0.15) is 4.83 Å². The van der Waals surface area contributed by atoms with Crippen LogP contribution in [0.15, 0.2) is 9.95 Å². The minimum atomic E-state index is -0.0400. The van der Waals surface area contributed by atoms with Crippen molar-refractivity contribution in [3.05, 3.63) is 20.8 Å². The van der Waals surface area contributed by atoms with E-state index in [1.165, 1.54) is 29.5 Å². The Labute approximate surface area is 161 Å². The molecule has 26 heavy (non-hydrogen) atoms. The normalized spacial score (nSPS) is 15.0. The molecule has 0 atom stereocenters. The van der Waals surface area contributed by atoms with Gasteiger partial charge in [0.15, 0.2) is 5.16 Å². The van der Waals surface area contributed by atoms with Crippen LogP contribution < -0.4 is 5.56 Å². The summed E-state index contributed by atoms with van der Waals surface area (Å²) in [7, 11) is 1.61. The first kappa shape index (κ1) is 19.4. The summed E-state index contributed by atoms with van der Waals surface area (Å²) in [5.74, 6) is 0.440. The highest BCUT2D eigenvalue weighted by atomic mass is 32.2. The number of carbonyl (C=O) groups is 1. The fourth-order valence-electron chi connectivity index (χ4n) is 3.16. The van der Waals surface area contributed by atoms with E-state index in [1.807, 2.05) is 18.7 Å². The average Bonchev–Trinajstić information content (AvgIpc) is 2.94. The molecule has 142 valence electrons. The molecule has 0 aliphatic carbocycles. The molecule has 1 aliphatic heterocycles. The quantitative estimate of drug-likeness (QED) is 0.556. The van der Waals surface area contributed by atoms with Crippen LogP contribution in [-0.4, -0.2) is 52.9 Å². The highest BCUT2D eigenvalue weighted by molar-refractivity contribution is 7.99. The first-order chi connectivity index (χ1) is 12.5. The number of nitrogens with zero attached hydrogens (tertiary/aromatic N) is 3. The Kier molecular flexibility index (Phi) is 6.37. The zero-order valence-electron chi connectivity index (χ0n) is 15.5. The van der Waals surface area contributed by atoms with Crippen LogP contribution in [0.2, 0.25) is 0 Å². The van der Waals surface area contributed by atoms with Crippen LogP contribution in [0.3, 0.4) is 0 Å². The van der Waals surface area contributed by atoms with Crippen molar-refractivity contribution in [1.29, 1.82) is 0 Å². The number of carbonyl (C=O) groups excluding carboxylic acids is 1. The molecule has 3 rings (SSSR count). The van der Waals surface area contributed by atoms with Gasteiger partial charge < -0.3 is 9.64 Å². The van der Waals surface area contributed by atoms with E-state index in [4.69, 9.17) is 9.72 Å². The number of piperidine rings is 1. The van der Waals surface area contributed by atoms with Gasteiger partial charge in [-0.25, -0.2) is 4.98 Å². The average molecular weight is 396 g/mol. The number of rotatable bonds is 6. The van der Waals surface area contributed by atoms with E-state index in [0.29, 0.717) is 29.4 Å². The maximum Gasteiger partial charge on any atom is 0.263 e. The van der Waals surface area contributed by atoms with Crippen molar-refractivity contribution in [2.45, 2.75) is 44.8 Å². The van der Waals surface area contributed by atoms with Gasteiger partial charge in [-0.2, -0.15) is 0 Å². The van der Waals surface area contributed by atoms with Gasteiger partial charge >= 0.3 is 0 Å². The number of fused-ring (bicyclic) bond motifs is 1. The van der Waals surface area contributed by atoms with Crippen LogP contribution in [0.25, 0.3) is 10.2 Å². The number of likely N-dealkylation sites (tertiary alicyclic amines) is 1. The van der Waals surface area contributed by atoms with Gasteiger partial charge in [-0.1, -0.05) is 11.8 Å². The first-order valence-corrected chi connectivity index (χ1v) is 10.7. The monoisotopic (exact) mass is 395 g/mol. The fourth-order valence-corrected chi connectivity index (χ4v) is 5.16. The summed E-state index contributed by atoms with van der Waals surface area (Å²) in [6.45, 7) is 6.52. The topological polar surface area (TPSA) is 64.4 Å². The minimum absolute atomic E-state index is 0.0400. The fraction of sp³-hybridized carbons (Fsp3) is 0.611. The summed E-state index contributed by atoms with van der Waals surface area (Å²) in [5, 5.41) is 1.29. The SMILES string of the molecule is COCCn1c(SCC(=O)N2CCCCC2)nc2sc(C)c(C)c2c1=O. The number of thioether (sulfide) groups is 1. The highest BCUT2D eigenvalue weighted by Crippen LogP contribution is 2.28. The smallest absolute Gasteiger partial charge is 0.263 e. The summed E-state index contributed by atoms with van der Waals surface area (Å²) >= 11 is 2.89. The zero-order chi connectivity index (χ0) is 18.7. The zero-order valence-corrected chi connectivity index (χ0v) is 17.2. The minimum Gasteiger partial charge on any atom is -0.383 e. The Bertz CT molecular complexity index is 853. The predicted octanol–water partition coefficient (Wildman–Crippen LogP) is 2.83. The number of hydrogen-bond donors (Lipinski definition) is 0. The van der Waals surface area contributed by atoms with Crippen molar-refractivity contribution in [2.24, 2.45) is 0 Å². The lowest BCUT2D eigenvalue weighted by atomic mass is 10.1. The molecule has 0 aromatic carbocycles. The van der Waals surface area contributed by atoms with Crippen LogP contribution in [0.5, 0.6) is 0 Å². The van der Waals surface area contributed by atoms with Crippen LogP contribution in [-0.2, 0) is 16.1 Å². The van der Waals surface area contributed by atoms with Crippen molar-refractivity contribution in [3.63, 3.8) is 0 Å². The second-order valence-electron chi connectivity index (χ2n) is 6.54. The number of methoxy groups -OCH3 is 1. The Hall–Kier alpha value is -1.38. The van der Waals surface area contributed by atoms with Crippen molar-refractivity contribution >= 4 is 39.2 Å². The number of thiophene rings is 1. The molecule has 1 fully saturated rings. The van der Waals surface area contributed by atoms with Crippen molar-refractivity contribution < 1.29 is 9.53 Å². The summed E-state index contributed by atoms with van der Waals surface area (Å²) in [5.41, 5.74) is 0.955. The van der Waals surface area contributed by atoms with E-state index in [9.17, 15) is 9.59 Å². The van der Waals surface area contributed by atoms with Crippen molar-refractivity contribution in [2.75, 3.05) is 32.6 Å². The van der Waals surface area contributed by atoms with E-state index in [1.54, 1.807) is 11.7 Å². The molecule has 1 aliphatic rings. The van der Waals surface area contributed by atoms with Crippen molar-refractivity contribution in [3.8, 4) is 0 Å². The van der Waals surface area contributed by atoms with Crippen LogP contribution in [0.1, 0.15) is 29.7 Å². The number of hydrogen-bond acceptors (Lipinski definition) is 6. The molecule has 1 saturated heterocycles. The third-order valence-electron chi connectivity index (χ3n) is 4.81. The Morgan fingerprint density at radius 2 is 2.00 bits per heavy atom. The summed E-state index contributed by atoms with van der Waals surface area (Å²) in [6.07, 6.45) is 3.35. The van der Waals surface area contributed by atoms with E-state index in [2.05, 4.69) is 0 Å². The molecule has 0 radical (unpaired) electrons. The molecule has 0 bridgehead atoms. The first-order valence-electron chi connectivity index (χ1n) is 8.93. The summed E-state index contributed by atoms with van der Waals surface area (Å²) < 4.78 is 6.81. The lowest BCUT2D eigenvalue weighted by Crippen LogP contribution is -2.37. The number of amides is 1. The Balaban J connectivity index is 1.87. The van der Waals surface area contributed by atoms with Crippen LogP contribution in [0.4, 0.5) is 0 Å². The third-order valence-corrected chi connectivity index (χ3v) is 6.87. The molecular weight excluding hydrogens is 370 g/mol. The van der Waals surface area contributed by atoms with E-state index < -0.39 is 0 Å². The number of aromatic nitrogens is 2. The highest BCUT2D eigenvalue weighted by Gasteiger charge is 2.20. The molecule has 0 unspecified atom stereocenters. The van der Waals surface area contributed by atoms with Gasteiger partial charge in [-0.05, 0) is 38.7 Å². The lowest BCUT2D eigenvalue weighted by molar-refractivity contribution is -0.129. The molecule has 1 amide bonds. The van der Waals surface area contributed by atoms with Crippen molar-refractivity contribution in [1.82, 2.24) is 14.5 Å². The largest absolute Gasteiger partial charge is 0.383 e. The molecule has 6 nitrogen and oxygen atoms in total. The maximum atomic E-state index is 13.0. The predicted molar refractivity (Wildman–Crippen MR) is 106 cm³/mol. The van der Waals surface area contributed by atoms with Gasteiger partial charge in [0.05, 0.1) is 24.3 Å². The third kappa shape index (κ3) is 3.97. The molecular formula is C18H25N3O3S2. The van der Waals surface area contributed by atoms with Gasteiger partial charge in [0.2, 0.25) is 5.91 Å². The van der Waals surface area contributed by atoms with Crippen LogP contribution >= 0.6 is 23.1 Å². The number of ether oxygens (including phenoxy) is 1. The standard InChI is InChI=1S/C18H25N3O3S2/c1-12-13(2)26-16-15(12)17(23)21(9-10-24-3)18(19-16)25-11-14(22)20-7-5-4-6-8-20/h4-11H2,1-3H3. The summed E-state index contributed by atoms with van der Waals surface area (Å²) in [6, 6.07) is 0. The molecule has 0 spiro atoms. The van der Waals surface area contributed by atoms with Gasteiger partial charge in [0, 0.05) is 25.1 Å². The molecule has 8 heteroatoms. The molecule has 0 N–H and O–H groups in total. The molecule has 3 heterocycles. The molecule has 0 saturated carbocycles. The van der Waals surface area contributed by atoms with E-state index in [0.717, 1.165) is 41.2 Å². The van der Waals surface area contributed by atoms with E-state index in [-0.39, 0.29) is 11.5 Å². The second kappa shape index (κ2) is 8.54. The Morgan fingerprint density at radius 1 is 1.27 bits per heavy atom. The van der Waals surface area contributed by atoms with Gasteiger partial charge in [-0.3, -0.25) is 14.2 Å². The second-order valence-corrected chi connectivity index (χ2v) is 8.68.